The third-order valence-corrected chi connectivity index (χ3v) is 4.33. The lowest BCUT2D eigenvalue weighted by Gasteiger charge is -2.12. The SMILES string of the molecule is CCC(C)c1ccc(NC(N)=NCC(O)COc2ccc([N+](=O)[O-])cc2)cc1.I. The summed E-state index contributed by atoms with van der Waals surface area (Å²) in [5.41, 5.74) is 7.92. The predicted molar refractivity (Wildman–Crippen MR) is 125 cm³/mol. The minimum absolute atomic E-state index is 0. The van der Waals surface area contributed by atoms with Crippen LogP contribution in [-0.4, -0.2) is 35.2 Å². The number of anilines is 1. The number of nitrogens with two attached hydrogens (primary N) is 1. The van der Waals surface area contributed by atoms with Crippen LogP contribution in [0, 0.1) is 10.1 Å². The number of benzene rings is 2. The van der Waals surface area contributed by atoms with Crippen molar-refractivity contribution < 1.29 is 14.8 Å². The van der Waals surface area contributed by atoms with Crippen molar-refractivity contribution in [2.75, 3.05) is 18.5 Å². The highest BCUT2D eigenvalue weighted by Gasteiger charge is 2.08. The number of rotatable bonds is 9. The lowest BCUT2D eigenvalue weighted by Crippen LogP contribution is -2.27. The van der Waals surface area contributed by atoms with Gasteiger partial charge in [0.05, 0.1) is 11.5 Å². The summed E-state index contributed by atoms with van der Waals surface area (Å²) in [5.74, 6) is 1.14. The molecule has 0 heterocycles. The number of halogens is 1. The van der Waals surface area contributed by atoms with Gasteiger partial charge in [-0.25, -0.2) is 0 Å². The Kier molecular flexibility index (Phi) is 10.4. The molecule has 29 heavy (non-hydrogen) atoms. The highest BCUT2D eigenvalue weighted by atomic mass is 127. The average Bonchev–Trinajstić information content (AvgIpc) is 2.71. The first-order valence-corrected chi connectivity index (χ1v) is 9.11. The molecule has 0 radical (unpaired) electrons. The Labute approximate surface area is 187 Å². The molecule has 0 bridgehead atoms. The minimum Gasteiger partial charge on any atom is -0.491 e. The van der Waals surface area contributed by atoms with Crippen LogP contribution in [0.2, 0.25) is 0 Å². The first-order valence-electron chi connectivity index (χ1n) is 9.11. The summed E-state index contributed by atoms with van der Waals surface area (Å²) in [5, 5.41) is 23.6. The molecule has 0 fully saturated rings. The van der Waals surface area contributed by atoms with E-state index >= 15 is 0 Å². The Balaban J connectivity index is 0.00000420. The molecule has 9 heteroatoms. The number of nitrogens with zero attached hydrogens (tertiary/aromatic N) is 2. The Morgan fingerprint density at radius 2 is 1.86 bits per heavy atom. The van der Waals surface area contributed by atoms with Gasteiger partial charge in [-0.15, -0.1) is 24.0 Å². The highest BCUT2D eigenvalue weighted by molar-refractivity contribution is 14.0. The number of nitro groups is 1. The number of ether oxygens (including phenoxy) is 1. The molecule has 0 aliphatic carbocycles. The second kappa shape index (κ2) is 12.2. The maximum atomic E-state index is 10.6. The van der Waals surface area contributed by atoms with Gasteiger partial charge in [0.1, 0.15) is 18.5 Å². The average molecular weight is 514 g/mol. The van der Waals surface area contributed by atoms with Crippen molar-refractivity contribution in [1.82, 2.24) is 0 Å². The number of aliphatic hydroxyl groups is 1. The molecule has 0 spiro atoms. The maximum absolute atomic E-state index is 10.6. The number of nitro benzene ring substituents is 1. The van der Waals surface area contributed by atoms with Crippen molar-refractivity contribution >= 4 is 41.3 Å². The van der Waals surface area contributed by atoms with E-state index < -0.39 is 11.0 Å². The van der Waals surface area contributed by atoms with Crippen LogP contribution in [0.25, 0.3) is 0 Å². The lowest BCUT2D eigenvalue weighted by molar-refractivity contribution is -0.384. The molecule has 158 valence electrons. The maximum Gasteiger partial charge on any atom is 0.269 e. The lowest BCUT2D eigenvalue weighted by atomic mass is 9.99. The molecule has 0 aliphatic heterocycles. The van der Waals surface area contributed by atoms with Crippen molar-refractivity contribution in [3.05, 3.63) is 64.2 Å². The van der Waals surface area contributed by atoms with Crippen molar-refractivity contribution in [1.29, 1.82) is 0 Å². The fourth-order valence-corrected chi connectivity index (χ4v) is 2.43. The summed E-state index contributed by atoms with van der Waals surface area (Å²) in [6, 6.07) is 13.6. The van der Waals surface area contributed by atoms with E-state index in [0.717, 1.165) is 12.1 Å². The van der Waals surface area contributed by atoms with Gasteiger partial charge in [0.25, 0.3) is 5.69 Å². The van der Waals surface area contributed by atoms with Crippen molar-refractivity contribution in [2.45, 2.75) is 32.3 Å². The van der Waals surface area contributed by atoms with Gasteiger partial charge >= 0.3 is 0 Å². The molecular formula is C20H27IN4O4. The zero-order valence-electron chi connectivity index (χ0n) is 16.4. The Morgan fingerprint density at radius 3 is 2.41 bits per heavy atom. The summed E-state index contributed by atoms with van der Waals surface area (Å²) in [4.78, 5) is 14.2. The zero-order valence-corrected chi connectivity index (χ0v) is 18.8. The fraction of sp³-hybridized carbons (Fsp3) is 0.350. The van der Waals surface area contributed by atoms with E-state index in [9.17, 15) is 15.2 Å². The Morgan fingerprint density at radius 1 is 1.24 bits per heavy atom. The third kappa shape index (κ3) is 8.24. The number of aliphatic imine (C=N–C) groups is 1. The van der Waals surface area contributed by atoms with Crippen molar-refractivity contribution in [2.24, 2.45) is 10.7 Å². The first kappa shape index (κ1) is 24.6. The van der Waals surface area contributed by atoms with Crippen LogP contribution in [0.15, 0.2) is 53.5 Å². The van der Waals surface area contributed by atoms with E-state index in [0.29, 0.717) is 11.7 Å². The van der Waals surface area contributed by atoms with Crippen molar-refractivity contribution in [3.8, 4) is 5.75 Å². The second-order valence-electron chi connectivity index (χ2n) is 6.50. The van der Waals surface area contributed by atoms with Crippen LogP contribution >= 0.6 is 24.0 Å². The number of non-ortho nitro benzene ring substituents is 1. The molecular weight excluding hydrogens is 487 g/mol. The van der Waals surface area contributed by atoms with E-state index in [-0.39, 0.29) is 48.8 Å². The van der Waals surface area contributed by atoms with E-state index in [2.05, 4.69) is 36.3 Å². The molecule has 0 saturated heterocycles. The zero-order chi connectivity index (χ0) is 20.5. The number of aliphatic hydroxyl groups excluding tert-OH is 1. The van der Waals surface area contributed by atoms with Crippen LogP contribution in [0.1, 0.15) is 31.7 Å². The van der Waals surface area contributed by atoms with Crippen LogP contribution in [-0.2, 0) is 0 Å². The fourth-order valence-electron chi connectivity index (χ4n) is 2.43. The smallest absolute Gasteiger partial charge is 0.269 e. The van der Waals surface area contributed by atoms with E-state index in [1.807, 2.05) is 12.1 Å². The van der Waals surface area contributed by atoms with Gasteiger partial charge < -0.3 is 20.9 Å². The number of hydrogen-bond acceptors (Lipinski definition) is 5. The molecule has 0 saturated carbocycles. The van der Waals surface area contributed by atoms with Gasteiger partial charge in [-0.05, 0) is 42.2 Å². The Bertz CT molecular complexity index is 797. The molecule has 4 N–H and O–H groups in total. The van der Waals surface area contributed by atoms with E-state index in [1.165, 1.54) is 29.8 Å². The summed E-state index contributed by atoms with van der Waals surface area (Å²) in [7, 11) is 0. The summed E-state index contributed by atoms with van der Waals surface area (Å²) in [6.07, 6.45) is 0.222. The van der Waals surface area contributed by atoms with Crippen LogP contribution in [0.5, 0.6) is 5.75 Å². The minimum atomic E-state index is -0.858. The molecule has 0 amide bonds. The van der Waals surface area contributed by atoms with Crippen molar-refractivity contribution in [3.63, 3.8) is 0 Å². The van der Waals surface area contributed by atoms with Gasteiger partial charge in [-0.3, -0.25) is 15.1 Å². The quantitative estimate of drug-likeness (QED) is 0.153. The number of guanidine groups is 1. The van der Waals surface area contributed by atoms with Crippen LogP contribution in [0.3, 0.4) is 0 Å². The van der Waals surface area contributed by atoms with Crippen LogP contribution in [0.4, 0.5) is 11.4 Å². The van der Waals surface area contributed by atoms with E-state index in [4.69, 9.17) is 10.5 Å². The van der Waals surface area contributed by atoms with Gasteiger partial charge in [0.2, 0.25) is 0 Å². The monoisotopic (exact) mass is 514 g/mol. The predicted octanol–water partition coefficient (Wildman–Crippen LogP) is 3.89. The van der Waals surface area contributed by atoms with Gasteiger partial charge in [-0.1, -0.05) is 26.0 Å². The number of nitrogens with one attached hydrogen (secondary N) is 1. The molecule has 8 nitrogen and oxygen atoms in total. The first-order chi connectivity index (χ1) is 13.4. The summed E-state index contributed by atoms with van der Waals surface area (Å²) in [6.45, 7) is 4.39. The molecule has 2 unspecified atom stereocenters. The van der Waals surface area contributed by atoms with Gasteiger partial charge in [0, 0.05) is 17.8 Å². The van der Waals surface area contributed by atoms with Gasteiger partial charge in [0.15, 0.2) is 5.96 Å². The molecule has 0 aromatic heterocycles. The normalized spacial score (nSPS) is 13.1. The van der Waals surface area contributed by atoms with E-state index in [1.54, 1.807) is 0 Å². The molecule has 0 aliphatic rings. The second-order valence-corrected chi connectivity index (χ2v) is 6.50. The number of hydrogen-bond donors (Lipinski definition) is 3. The van der Waals surface area contributed by atoms with Crippen LogP contribution < -0.4 is 15.8 Å². The molecule has 2 aromatic rings. The molecule has 2 rings (SSSR count). The highest BCUT2D eigenvalue weighted by Crippen LogP contribution is 2.20. The summed E-state index contributed by atoms with van der Waals surface area (Å²) < 4.78 is 5.40. The topological polar surface area (TPSA) is 123 Å². The van der Waals surface area contributed by atoms with Gasteiger partial charge in [-0.2, -0.15) is 0 Å². The largest absolute Gasteiger partial charge is 0.491 e. The third-order valence-electron chi connectivity index (χ3n) is 4.33. The summed E-state index contributed by atoms with van der Waals surface area (Å²) >= 11 is 0. The Hall–Kier alpha value is -2.40. The molecule has 2 aromatic carbocycles. The standard InChI is InChI=1S/C20H26N4O4.HI/c1-3-14(2)15-4-6-16(7-5-15)23-20(21)22-12-18(25)13-28-19-10-8-17(9-11-19)24(26)27;/h4-11,14,18,25H,3,12-13H2,1-2H3,(H3,21,22,23);1H. The molecule has 2 atom stereocenters.